The second kappa shape index (κ2) is 3.72. The topological polar surface area (TPSA) is 42.1 Å². The molecule has 3 nitrogen and oxygen atoms in total. The quantitative estimate of drug-likeness (QED) is 0.757. The van der Waals surface area contributed by atoms with E-state index in [1.807, 2.05) is 6.07 Å². The molecule has 15 heavy (non-hydrogen) atoms. The molecule has 0 saturated heterocycles. The van der Waals surface area contributed by atoms with Crippen LogP contribution in [0.15, 0.2) is 6.07 Å². The highest BCUT2D eigenvalue weighted by Crippen LogP contribution is 2.38. The summed E-state index contributed by atoms with van der Waals surface area (Å²) in [5, 5.41) is 0. The van der Waals surface area contributed by atoms with Crippen LogP contribution in [0.4, 0.5) is 0 Å². The van der Waals surface area contributed by atoms with Crippen molar-refractivity contribution in [3.63, 3.8) is 0 Å². The van der Waals surface area contributed by atoms with Gasteiger partial charge in [0.05, 0.1) is 7.11 Å². The molecular formula is C12H17NO2. The number of aromatic nitrogens is 1. The Balaban J connectivity index is 2.30. The molecule has 1 atom stereocenters. The zero-order chi connectivity index (χ0) is 11.0. The molecule has 0 unspecified atom stereocenters. The fraction of sp³-hybridized carbons (Fsp3) is 0.583. The summed E-state index contributed by atoms with van der Waals surface area (Å²) < 4.78 is 4.70. The zero-order valence-electron chi connectivity index (χ0n) is 9.46. The van der Waals surface area contributed by atoms with Gasteiger partial charge in [-0.3, -0.25) is 0 Å². The predicted molar refractivity (Wildman–Crippen MR) is 58.0 cm³/mol. The molecule has 0 aliphatic heterocycles. The first kappa shape index (κ1) is 10.3. The number of H-pyrrole nitrogens is 1. The molecule has 0 spiro atoms. The molecule has 1 heterocycles. The monoisotopic (exact) mass is 207 g/mol. The second-order valence-electron chi connectivity index (χ2n) is 4.50. The van der Waals surface area contributed by atoms with Gasteiger partial charge in [0.2, 0.25) is 0 Å². The normalized spacial score (nSPS) is 19.3. The Morgan fingerprint density at radius 3 is 2.93 bits per heavy atom. The number of esters is 1. The van der Waals surface area contributed by atoms with Crippen molar-refractivity contribution >= 4 is 5.97 Å². The standard InChI is InChI=1S/C12H17NO2/c1-7(2)8-4-5-10-9(8)6-11(13-10)12(14)15-3/h6-8,13H,4-5H2,1-3H3/t8-/m1/s1. The number of aromatic amines is 1. The number of nitrogens with one attached hydrogen (secondary N) is 1. The fourth-order valence-electron chi connectivity index (χ4n) is 2.42. The molecule has 1 aliphatic rings. The van der Waals surface area contributed by atoms with Crippen LogP contribution in [-0.2, 0) is 11.2 Å². The highest BCUT2D eigenvalue weighted by Gasteiger charge is 2.28. The summed E-state index contributed by atoms with van der Waals surface area (Å²) in [6.07, 6.45) is 2.25. The van der Waals surface area contributed by atoms with Gasteiger partial charge in [-0.15, -0.1) is 0 Å². The van der Waals surface area contributed by atoms with Crippen molar-refractivity contribution in [2.45, 2.75) is 32.6 Å². The number of rotatable bonds is 2. The van der Waals surface area contributed by atoms with Crippen molar-refractivity contribution in [1.82, 2.24) is 4.98 Å². The maximum Gasteiger partial charge on any atom is 0.354 e. The van der Waals surface area contributed by atoms with Gasteiger partial charge in [-0.25, -0.2) is 4.79 Å². The first-order chi connectivity index (χ1) is 7.13. The largest absolute Gasteiger partial charge is 0.464 e. The van der Waals surface area contributed by atoms with Gasteiger partial charge in [0.15, 0.2) is 0 Å². The minimum atomic E-state index is -0.271. The number of hydrogen-bond donors (Lipinski definition) is 1. The van der Waals surface area contributed by atoms with E-state index >= 15 is 0 Å². The van der Waals surface area contributed by atoms with Crippen molar-refractivity contribution in [2.24, 2.45) is 5.92 Å². The van der Waals surface area contributed by atoms with Crippen LogP contribution in [0.2, 0.25) is 0 Å². The molecule has 1 N–H and O–H groups in total. The van der Waals surface area contributed by atoms with Crippen molar-refractivity contribution in [3.05, 3.63) is 23.0 Å². The third-order valence-electron chi connectivity index (χ3n) is 3.25. The fourth-order valence-corrected chi connectivity index (χ4v) is 2.42. The first-order valence-corrected chi connectivity index (χ1v) is 5.43. The van der Waals surface area contributed by atoms with Crippen molar-refractivity contribution < 1.29 is 9.53 Å². The van der Waals surface area contributed by atoms with Gasteiger partial charge in [-0.2, -0.15) is 0 Å². The highest BCUT2D eigenvalue weighted by molar-refractivity contribution is 5.87. The van der Waals surface area contributed by atoms with Crippen LogP contribution < -0.4 is 0 Å². The molecule has 0 amide bonds. The first-order valence-electron chi connectivity index (χ1n) is 5.43. The lowest BCUT2D eigenvalue weighted by Gasteiger charge is -2.13. The number of fused-ring (bicyclic) bond motifs is 1. The summed E-state index contributed by atoms with van der Waals surface area (Å²) in [6, 6.07) is 1.96. The summed E-state index contributed by atoms with van der Waals surface area (Å²) in [5.41, 5.74) is 3.12. The average molecular weight is 207 g/mol. The van der Waals surface area contributed by atoms with E-state index in [4.69, 9.17) is 4.74 Å². The van der Waals surface area contributed by atoms with Gasteiger partial charge < -0.3 is 9.72 Å². The molecule has 0 radical (unpaired) electrons. The number of aryl methyl sites for hydroxylation is 1. The van der Waals surface area contributed by atoms with Crippen LogP contribution in [0.3, 0.4) is 0 Å². The number of hydrogen-bond acceptors (Lipinski definition) is 2. The van der Waals surface area contributed by atoms with Crippen LogP contribution in [-0.4, -0.2) is 18.1 Å². The SMILES string of the molecule is COC(=O)c1cc2c([nH]1)CC[C@@H]2C(C)C. The predicted octanol–water partition coefficient (Wildman–Crippen LogP) is 2.49. The Labute approximate surface area is 89.8 Å². The maximum absolute atomic E-state index is 11.3. The summed E-state index contributed by atoms with van der Waals surface area (Å²) in [4.78, 5) is 14.5. The van der Waals surface area contributed by atoms with E-state index in [0.29, 0.717) is 17.5 Å². The molecule has 82 valence electrons. The van der Waals surface area contributed by atoms with Crippen molar-refractivity contribution in [3.8, 4) is 0 Å². The number of methoxy groups -OCH3 is 1. The van der Waals surface area contributed by atoms with E-state index in [9.17, 15) is 4.79 Å². The van der Waals surface area contributed by atoms with Crippen molar-refractivity contribution in [1.29, 1.82) is 0 Å². The van der Waals surface area contributed by atoms with Gasteiger partial charge in [0, 0.05) is 5.69 Å². The van der Waals surface area contributed by atoms with Crippen LogP contribution in [0, 0.1) is 5.92 Å². The van der Waals surface area contributed by atoms with E-state index in [2.05, 4.69) is 18.8 Å². The van der Waals surface area contributed by atoms with Crippen LogP contribution >= 0.6 is 0 Å². The van der Waals surface area contributed by atoms with E-state index in [0.717, 1.165) is 6.42 Å². The van der Waals surface area contributed by atoms with Gasteiger partial charge in [0.25, 0.3) is 0 Å². The van der Waals surface area contributed by atoms with Gasteiger partial charge in [0.1, 0.15) is 5.69 Å². The van der Waals surface area contributed by atoms with Crippen LogP contribution in [0.25, 0.3) is 0 Å². The lowest BCUT2D eigenvalue weighted by atomic mass is 9.91. The molecule has 0 aromatic carbocycles. The van der Waals surface area contributed by atoms with Gasteiger partial charge in [-0.1, -0.05) is 13.8 Å². The zero-order valence-corrected chi connectivity index (χ0v) is 9.46. The lowest BCUT2D eigenvalue weighted by Crippen LogP contribution is -2.04. The molecule has 1 aromatic heterocycles. The lowest BCUT2D eigenvalue weighted by molar-refractivity contribution is 0.0594. The minimum absolute atomic E-state index is 0.271. The maximum atomic E-state index is 11.3. The van der Waals surface area contributed by atoms with E-state index < -0.39 is 0 Å². The number of carbonyl (C=O) groups excluding carboxylic acids is 1. The Morgan fingerprint density at radius 1 is 1.60 bits per heavy atom. The molecule has 0 saturated carbocycles. The number of ether oxygens (including phenoxy) is 1. The summed E-state index contributed by atoms with van der Waals surface area (Å²) in [5.74, 6) is 0.953. The number of carbonyl (C=O) groups is 1. The smallest absolute Gasteiger partial charge is 0.354 e. The minimum Gasteiger partial charge on any atom is -0.464 e. The van der Waals surface area contributed by atoms with Crippen LogP contribution in [0.5, 0.6) is 0 Å². The molecule has 2 rings (SSSR count). The Bertz CT molecular complexity index is 379. The summed E-state index contributed by atoms with van der Waals surface area (Å²) >= 11 is 0. The molecule has 1 aromatic rings. The third-order valence-corrected chi connectivity index (χ3v) is 3.25. The van der Waals surface area contributed by atoms with E-state index in [1.165, 1.54) is 24.8 Å². The second-order valence-corrected chi connectivity index (χ2v) is 4.50. The highest BCUT2D eigenvalue weighted by atomic mass is 16.5. The average Bonchev–Trinajstić information content (AvgIpc) is 2.73. The Morgan fingerprint density at radius 2 is 2.33 bits per heavy atom. The van der Waals surface area contributed by atoms with Gasteiger partial charge >= 0.3 is 5.97 Å². The molecule has 3 heteroatoms. The van der Waals surface area contributed by atoms with E-state index in [-0.39, 0.29) is 5.97 Å². The third kappa shape index (κ3) is 1.66. The summed E-state index contributed by atoms with van der Waals surface area (Å²) in [7, 11) is 1.41. The van der Waals surface area contributed by atoms with Crippen LogP contribution in [0.1, 0.15) is 47.9 Å². The molecule has 0 bridgehead atoms. The molecule has 0 fully saturated rings. The summed E-state index contributed by atoms with van der Waals surface area (Å²) in [6.45, 7) is 4.45. The van der Waals surface area contributed by atoms with Crippen molar-refractivity contribution in [2.75, 3.05) is 7.11 Å². The molecule has 1 aliphatic carbocycles. The van der Waals surface area contributed by atoms with E-state index in [1.54, 1.807) is 0 Å². The Hall–Kier alpha value is -1.25. The molecular weight excluding hydrogens is 190 g/mol. The van der Waals surface area contributed by atoms with Gasteiger partial charge in [-0.05, 0) is 36.3 Å². The Kier molecular flexibility index (Phi) is 2.55.